The van der Waals surface area contributed by atoms with Crippen LogP contribution in [0.15, 0.2) is 24.3 Å². The predicted molar refractivity (Wildman–Crippen MR) is 78.2 cm³/mol. The summed E-state index contributed by atoms with van der Waals surface area (Å²) in [6.45, 7) is 4.67. The molecule has 0 aliphatic heterocycles. The van der Waals surface area contributed by atoms with Crippen LogP contribution in [0, 0.1) is 35.4 Å². The summed E-state index contributed by atoms with van der Waals surface area (Å²) in [6, 6.07) is 6.44. The van der Waals surface area contributed by atoms with Crippen molar-refractivity contribution in [1.82, 2.24) is 0 Å². The molecule has 0 N–H and O–H groups in total. The van der Waals surface area contributed by atoms with Crippen molar-refractivity contribution >= 4 is 0 Å². The SMILES string of the molecule is CC(C)C1CCC(CC#Cc2ccc(F)cc2)CC1. The fourth-order valence-corrected chi connectivity index (χ4v) is 2.89. The number of halogens is 1. The van der Waals surface area contributed by atoms with Gasteiger partial charge in [0, 0.05) is 12.0 Å². The summed E-state index contributed by atoms with van der Waals surface area (Å²) in [4.78, 5) is 0. The molecule has 0 saturated heterocycles. The summed E-state index contributed by atoms with van der Waals surface area (Å²) < 4.78 is 12.8. The quantitative estimate of drug-likeness (QED) is 0.653. The van der Waals surface area contributed by atoms with Gasteiger partial charge in [-0.25, -0.2) is 4.39 Å². The minimum absolute atomic E-state index is 0.197. The maximum absolute atomic E-state index is 12.8. The highest BCUT2D eigenvalue weighted by atomic mass is 19.1. The van der Waals surface area contributed by atoms with Crippen LogP contribution in [0.5, 0.6) is 0 Å². The molecule has 0 nitrogen and oxygen atoms in total. The van der Waals surface area contributed by atoms with E-state index < -0.39 is 0 Å². The van der Waals surface area contributed by atoms with Crippen molar-refractivity contribution in [2.45, 2.75) is 46.0 Å². The molecule has 0 heterocycles. The number of rotatable bonds is 2. The van der Waals surface area contributed by atoms with Gasteiger partial charge < -0.3 is 0 Å². The van der Waals surface area contributed by atoms with Crippen LogP contribution in [0.4, 0.5) is 4.39 Å². The Bertz CT molecular complexity index is 439. The van der Waals surface area contributed by atoms with Gasteiger partial charge in [-0.15, -0.1) is 0 Å². The Hall–Kier alpha value is -1.29. The fourth-order valence-electron chi connectivity index (χ4n) is 2.89. The van der Waals surface area contributed by atoms with Crippen LogP contribution in [0.25, 0.3) is 0 Å². The summed E-state index contributed by atoms with van der Waals surface area (Å²) in [5.74, 6) is 8.71. The van der Waals surface area contributed by atoms with E-state index in [-0.39, 0.29) is 5.82 Å². The number of benzene rings is 1. The first-order chi connectivity index (χ1) is 9.15. The maximum atomic E-state index is 12.8. The van der Waals surface area contributed by atoms with Gasteiger partial charge in [0.2, 0.25) is 0 Å². The Morgan fingerprint density at radius 1 is 1.11 bits per heavy atom. The van der Waals surface area contributed by atoms with Gasteiger partial charge in [0.05, 0.1) is 0 Å². The smallest absolute Gasteiger partial charge is 0.123 e. The highest BCUT2D eigenvalue weighted by Crippen LogP contribution is 2.34. The largest absolute Gasteiger partial charge is 0.207 e. The van der Waals surface area contributed by atoms with E-state index in [2.05, 4.69) is 25.7 Å². The molecule has 1 saturated carbocycles. The molecule has 1 aliphatic rings. The van der Waals surface area contributed by atoms with Gasteiger partial charge in [0.1, 0.15) is 5.82 Å². The Labute approximate surface area is 116 Å². The third kappa shape index (κ3) is 4.39. The lowest BCUT2D eigenvalue weighted by atomic mass is 9.76. The van der Waals surface area contributed by atoms with Crippen LogP contribution >= 0.6 is 0 Å². The van der Waals surface area contributed by atoms with E-state index in [0.29, 0.717) is 0 Å². The predicted octanol–water partition coefficient (Wildman–Crippen LogP) is 5.03. The van der Waals surface area contributed by atoms with E-state index in [0.717, 1.165) is 29.7 Å². The summed E-state index contributed by atoms with van der Waals surface area (Å²) in [5, 5.41) is 0. The molecular weight excluding hydrogens is 235 g/mol. The highest BCUT2D eigenvalue weighted by molar-refractivity contribution is 5.33. The van der Waals surface area contributed by atoms with E-state index in [9.17, 15) is 4.39 Å². The van der Waals surface area contributed by atoms with Crippen LogP contribution < -0.4 is 0 Å². The maximum Gasteiger partial charge on any atom is 0.123 e. The normalized spacial score (nSPS) is 22.9. The van der Waals surface area contributed by atoms with Crippen LogP contribution in [-0.2, 0) is 0 Å². The van der Waals surface area contributed by atoms with Gasteiger partial charge in [-0.1, -0.05) is 25.7 Å². The molecular formula is C18H23F. The molecule has 0 atom stereocenters. The third-order valence-corrected chi connectivity index (χ3v) is 4.30. The molecule has 0 amide bonds. The number of hydrogen-bond acceptors (Lipinski definition) is 0. The molecule has 0 spiro atoms. The number of hydrogen-bond donors (Lipinski definition) is 0. The lowest BCUT2D eigenvalue weighted by molar-refractivity contribution is 0.226. The van der Waals surface area contributed by atoms with E-state index in [1.165, 1.54) is 37.8 Å². The molecule has 19 heavy (non-hydrogen) atoms. The summed E-state index contributed by atoms with van der Waals surface area (Å²) in [5.41, 5.74) is 0.914. The first-order valence-corrected chi connectivity index (χ1v) is 7.39. The second-order valence-electron chi connectivity index (χ2n) is 6.04. The van der Waals surface area contributed by atoms with Gasteiger partial charge in [-0.3, -0.25) is 0 Å². The molecule has 0 radical (unpaired) electrons. The molecule has 2 rings (SSSR count). The average Bonchev–Trinajstić information content (AvgIpc) is 2.41. The fraction of sp³-hybridized carbons (Fsp3) is 0.556. The van der Waals surface area contributed by atoms with Gasteiger partial charge in [-0.2, -0.15) is 0 Å². The first kappa shape index (κ1) is 14.1. The Morgan fingerprint density at radius 2 is 1.74 bits per heavy atom. The van der Waals surface area contributed by atoms with Crippen LogP contribution in [0.2, 0.25) is 0 Å². The lowest BCUT2D eigenvalue weighted by Crippen LogP contribution is -2.18. The van der Waals surface area contributed by atoms with Crippen molar-refractivity contribution in [2.75, 3.05) is 0 Å². The van der Waals surface area contributed by atoms with E-state index in [4.69, 9.17) is 0 Å². The minimum Gasteiger partial charge on any atom is -0.207 e. The molecule has 1 fully saturated rings. The van der Waals surface area contributed by atoms with Gasteiger partial charge in [0.15, 0.2) is 0 Å². The summed E-state index contributed by atoms with van der Waals surface area (Å²) in [7, 11) is 0. The monoisotopic (exact) mass is 258 g/mol. The van der Waals surface area contributed by atoms with Crippen LogP contribution in [0.1, 0.15) is 51.5 Å². The third-order valence-electron chi connectivity index (χ3n) is 4.30. The first-order valence-electron chi connectivity index (χ1n) is 7.39. The summed E-state index contributed by atoms with van der Waals surface area (Å²) in [6.07, 6.45) is 6.35. The van der Waals surface area contributed by atoms with Gasteiger partial charge >= 0.3 is 0 Å². The molecule has 1 aromatic carbocycles. The van der Waals surface area contributed by atoms with E-state index in [1.807, 2.05) is 0 Å². The van der Waals surface area contributed by atoms with Crippen molar-refractivity contribution in [1.29, 1.82) is 0 Å². The zero-order valence-electron chi connectivity index (χ0n) is 12.0. The van der Waals surface area contributed by atoms with Crippen molar-refractivity contribution < 1.29 is 4.39 Å². The van der Waals surface area contributed by atoms with E-state index >= 15 is 0 Å². The van der Waals surface area contributed by atoms with Crippen molar-refractivity contribution in [3.63, 3.8) is 0 Å². The minimum atomic E-state index is -0.197. The second-order valence-corrected chi connectivity index (χ2v) is 6.04. The Kier molecular flexibility index (Phi) is 5.02. The van der Waals surface area contributed by atoms with Crippen LogP contribution in [0.3, 0.4) is 0 Å². The van der Waals surface area contributed by atoms with E-state index in [1.54, 1.807) is 12.1 Å². The van der Waals surface area contributed by atoms with Crippen LogP contribution in [-0.4, -0.2) is 0 Å². The van der Waals surface area contributed by atoms with Crippen molar-refractivity contribution in [3.05, 3.63) is 35.6 Å². The van der Waals surface area contributed by atoms with Gasteiger partial charge in [0.25, 0.3) is 0 Å². The molecule has 0 aromatic heterocycles. The standard InChI is InChI=1S/C18H23F/c1-14(2)17-10-6-15(7-11-17)4-3-5-16-8-12-18(19)13-9-16/h8-9,12-15,17H,4,6-7,10-11H2,1-2H3. The highest BCUT2D eigenvalue weighted by Gasteiger charge is 2.22. The second kappa shape index (κ2) is 6.75. The average molecular weight is 258 g/mol. The summed E-state index contributed by atoms with van der Waals surface area (Å²) >= 11 is 0. The molecule has 102 valence electrons. The molecule has 1 heteroatoms. The molecule has 0 bridgehead atoms. The lowest BCUT2D eigenvalue weighted by Gasteiger charge is -2.29. The van der Waals surface area contributed by atoms with Crippen molar-refractivity contribution in [3.8, 4) is 11.8 Å². The molecule has 0 unspecified atom stereocenters. The van der Waals surface area contributed by atoms with Crippen molar-refractivity contribution in [2.24, 2.45) is 17.8 Å². The zero-order chi connectivity index (χ0) is 13.7. The zero-order valence-corrected chi connectivity index (χ0v) is 12.0. The molecule has 1 aromatic rings. The van der Waals surface area contributed by atoms with Gasteiger partial charge in [-0.05, 0) is 67.7 Å². The molecule has 1 aliphatic carbocycles. The topological polar surface area (TPSA) is 0 Å². The Morgan fingerprint density at radius 3 is 2.32 bits per heavy atom. The Balaban J connectivity index is 1.79.